The highest BCUT2D eigenvalue weighted by Crippen LogP contribution is 2.23. The third kappa shape index (κ3) is 3.31. The smallest absolute Gasteiger partial charge is 0.225 e. The second kappa shape index (κ2) is 6.94. The van der Waals surface area contributed by atoms with Gasteiger partial charge >= 0.3 is 0 Å². The van der Waals surface area contributed by atoms with Gasteiger partial charge in [-0.2, -0.15) is 0 Å². The molecule has 1 aliphatic heterocycles. The molecule has 1 fully saturated rings. The minimum absolute atomic E-state index is 0.0243. The van der Waals surface area contributed by atoms with Crippen molar-refractivity contribution in [2.45, 2.75) is 19.4 Å². The summed E-state index contributed by atoms with van der Waals surface area (Å²) < 4.78 is 7.25. The lowest BCUT2D eigenvalue weighted by Gasteiger charge is -2.21. The van der Waals surface area contributed by atoms with Crippen LogP contribution in [0.15, 0.2) is 36.9 Å². The van der Waals surface area contributed by atoms with Crippen LogP contribution < -0.4 is 5.32 Å². The van der Waals surface area contributed by atoms with Crippen LogP contribution in [-0.2, 0) is 16.1 Å². The predicted octanol–water partition coefficient (Wildman–Crippen LogP) is 2.57. The summed E-state index contributed by atoms with van der Waals surface area (Å²) in [5, 5.41) is 3.61. The fraction of sp³-hybridized carbons (Fsp3) is 0.375. The van der Waals surface area contributed by atoms with Crippen LogP contribution in [0.2, 0.25) is 5.02 Å². The number of carbonyl (C=O) groups excluding carboxylic acids is 1. The molecule has 1 amide bonds. The minimum atomic E-state index is -0.0621. The van der Waals surface area contributed by atoms with Crippen molar-refractivity contribution in [2.24, 2.45) is 5.92 Å². The van der Waals surface area contributed by atoms with Gasteiger partial charge < -0.3 is 14.6 Å². The van der Waals surface area contributed by atoms with Crippen LogP contribution in [0, 0.1) is 5.92 Å². The zero-order valence-electron chi connectivity index (χ0n) is 12.2. The number of ether oxygens (including phenoxy) is 1. The normalized spacial score (nSPS) is 18.1. The monoisotopic (exact) mass is 319 g/mol. The molecule has 6 heteroatoms. The fourth-order valence-electron chi connectivity index (χ4n) is 2.63. The van der Waals surface area contributed by atoms with E-state index >= 15 is 0 Å². The zero-order valence-corrected chi connectivity index (χ0v) is 12.9. The molecule has 2 heterocycles. The van der Waals surface area contributed by atoms with Crippen molar-refractivity contribution < 1.29 is 9.53 Å². The van der Waals surface area contributed by atoms with E-state index in [0.717, 1.165) is 30.7 Å². The number of imidazole rings is 1. The van der Waals surface area contributed by atoms with Crippen LogP contribution in [0.4, 0.5) is 0 Å². The summed E-state index contributed by atoms with van der Waals surface area (Å²) in [4.78, 5) is 16.3. The van der Waals surface area contributed by atoms with Gasteiger partial charge in [-0.05, 0) is 25.0 Å². The molecular weight excluding hydrogens is 302 g/mol. The molecule has 0 saturated carbocycles. The minimum Gasteiger partial charge on any atom is -0.381 e. The molecule has 0 aliphatic carbocycles. The van der Waals surface area contributed by atoms with E-state index < -0.39 is 0 Å². The molecule has 1 aliphatic rings. The number of aromatic nitrogens is 2. The van der Waals surface area contributed by atoms with Gasteiger partial charge in [-0.3, -0.25) is 4.79 Å². The Balaban J connectivity index is 1.73. The standard InChI is InChI=1S/C16H18ClN3O2/c17-14-4-1-5-15(20-7-6-18-11-20)13(14)9-19-16(21)12-3-2-8-22-10-12/h1,4-7,11-12H,2-3,8-10H2,(H,19,21). The molecule has 5 nitrogen and oxygen atoms in total. The summed E-state index contributed by atoms with van der Waals surface area (Å²) in [5.74, 6) is -0.0378. The lowest BCUT2D eigenvalue weighted by atomic mass is 10.0. The Morgan fingerprint density at radius 1 is 1.50 bits per heavy atom. The van der Waals surface area contributed by atoms with Crippen LogP contribution in [0.3, 0.4) is 0 Å². The highest BCUT2D eigenvalue weighted by Gasteiger charge is 2.22. The molecule has 0 radical (unpaired) electrons. The molecule has 1 saturated heterocycles. The highest BCUT2D eigenvalue weighted by molar-refractivity contribution is 6.31. The van der Waals surface area contributed by atoms with Crippen LogP contribution in [0.25, 0.3) is 5.69 Å². The van der Waals surface area contributed by atoms with Gasteiger partial charge in [0.15, 0.2) is 0 Å². The molecule has 0 bridgehead atoms. The number of hydrogen-bond donors (Lipinski definition) is 1. The van der Waals surface area contributed by atoms with E-state index in [0.29, 0.717) is 18.2 Å². The average Bonchev–Trinajstić information content (AvgIpc) is 3.08. The van der Waals surface area contributed by atoms with Crippen LogP contribution >= 0.6 is 11.6 Å². The van der Waals surface area contributed by atoms with Crippen molar-refractivity contribution >= 4 is 17.5 Å². The van der Waals surface area contributed by atoms with Gasteiger partial charge in [0.05, 0.1) is 24.5 Å². The molecule has 3 rings (SSSR count). The van der Waals surface area contributed by atoms with E-state index in [1.165, 1.54) is 0 Å². The Labute approximate surface area is 134 Å². The first-order chi connectivity index (χ1) is 10.8. The number of nitrogens with one attached hydrogen (secondary N) is 1. The van der Waals surface area contributed by atoms with E-state index in [4.69, 9.17) is 16.3 Å². The third-order valence-corrected chi connectivity index (χ3v) is 4.20. The molecule has 1 aromatic heterocycles. The summed E-state index contributed by atoms with van der Waals surface area (Å²) in [6.45, 7) is 1.64. The maximum Gasteiger partial charge on any atom is 0.225 e. The molecule has 0 spiro atoms. The molecule has 1 unspecified atom stereocenters. The lowest BCUT2D eigenvalue weighted by Crippen LogP contribution is -2.35. The number of hydrogen-bond acceptors (Lipinski definition) is 3. The second-order valence-corrected chi connectivity index (χ2v) is 5.75. The van der Waals surface area contributed by atoms with Crippen LogP contribution in [0.1, 0.15) is 18.4 Å². The molecule has 1 aromatic carbocycles. The lowest BCUT2D eigenvalue weighted by molar-refractivity contribution is -0.129. The van der Waals surface area contributed by atoms with E-state index in [1.807, 2.05) is 29.0 Å². The topological polar surface area (TPSA) is 56.2 Å². The summed E-state index contributed by atoms with van der Waals surface area (Å²) >= 11 is 6.31. The Morgan fingerprint density at radius 2 is 2.41 bits per heavy atom. The number of amides is 1. The summed E-state index contributed by atoms with van der Waals surface area (Å²) in [7, 11) is 0. The van der Waals surface area contributed by atoms with Gasteiger partial charge in [-0.1, -0.05) is 17.7 Å². The van der Waals surface area contributed by atoms with Crippen molar-refractivity contribution in [3.8, 4) is 5.69 Å². The first-order valence-corrected chi connectivity index (χ1v) is 7.74. The third-order valence-electron chi connectivity index (χ3n) is 3.85. The van der Waals surface area contributed by atoms with Crippen molar-refractivity contribution in [1.82, 2.24) is 14.9 Å². The molecule has 1 N–H and O–H groups in total. The first-order valence-electron chi connectivity index (χ1n) is 7.37. The van der Waals surface area contributed by atoms with Gasteiger partial charge in [0.25, 0.3) is 0 Å². The van der Waals surface area contributed by atoms with Crippen molar-refractivity contribution in [2.75, 3.05) is 13.2 Å². The van der Waals surface area contributed by atoms with E-state index in [1.54, 1.807) is 12.5 Å². The number of halogens is 1. The van der Waals surface area contributed by atoms with Gasteiger partial charge in [0.2, 0.25) is 5.91 Å². The van der Waals surface area contributed by atoms with Crippen molar-refractivity contribution in [3.63, 3.8) is 0 Å². The quantitative estimate of drug-likeness (QED) is 0.942. The van der Waals surface area contributed by atoms with Crippen LogP contribution in [-0.4, -0.2) is 28.7 Å². The van der Waals surface area contributed by atoms with E-state index in [2.05, 4.69) is 10.3 Å². The maximum absolute atomic E-state index is 12.2. The fourth-order valence-corrected chi connectivity index (χ4v) is 2.87. The van der Waals surface area contributed by atoms with Gasteiger partial charge in [-0.15, -0.1) is 0 Å². The summed E-state index contributed by atoms with van der Waals surface area (Å²) in [6, 6.07) is 5.67. The van der Waals surface area contributed by atoms with Crippen LogP contribution in [0.5, 0.6) is 0 Å². The SMILES string of the molecule is O=C(NCc1c(Cl)cccc1-n1ccnc1)C1CCCOC1. The Kier molecular flexibility index (Phi) is 4.75. The van der Waals surface area contributed by atoms with Gasteiger partial charge in [0, 0.05) is 36.1 Å². The molecular formula is C16H18ClN3O2. The molecule has 1 atom stereocenters. The first kappa shape index (κ1) is 15.1. The van der Waals surface area contributed by atoms with Crippen molar-refractivity contribution in [1.29, 1.82) is 0 Å². The Morgan fingerprint density at radius 3 is 3.14 bits per heavy atom. The van der Waals surface area contributed by atoms with Gasteiger partial charge in [0.1, 0.15) is 0 Å². The molecule has 2 aromatic rings. The predicted molar refractivity (Wildman–Crippen MR) is 84.0 cm³/mol. The maximum atomic E-state index is 12.2. The summed E-state index contributed by atoms with van der Waals surface area (Å²) in [5.41, 5.74) is 1.80. The Bertz CT molecular complexity index is 637. The second-order valence-electron chi connectivity index (χ2n) is 5.34. The summed E-state index contributed by atoms with van der Waals surface area (Å²) in [6.07, 6.45) is 7.09. The Hall–Kier alpha value is -1.85. The average molecular weight is 320 g/mol. The van der Waals surface area contributed by atoms with E-state index in [9.17, 15) is 4.79 Å². The number of rotatable bonds is 4. The molecule has 22 heavy (non-hydrogen) atoms. The van der Waals surface area contributed by atoms with Gasteiger partial charge in [-0.25, -0.2) is 4.98 Å². The van der Waals surface area contributed by atoms with Crippen molar-refractivity contribution in [3.05, 3.63) is 47.5 Å². The number of carbonyl (C=O) groups is 1. The zero-order chi connectivity index (χ0) is 15.4. The number of benzene rings is 1. The molecule has 116 valence electrons. The van der Waals surface area contributed by atoms with E-state index in [-0.39, 0.29) is 11.8 Å². The largest absolute Gasteiger partial charge is 0.381 e. The number of nitrogens with zero attached hydrogens (tertiary/aromatic N) is 2. The highest BCUT2D eigenvalue weighted by atomic mass is 35.5.